The van der Waals surface area contributed by atoms with Crippen molar-refractivity contribution in [3.63, 3.8) is 0 Å². The molecule has 0 radical (unpaired) electrons. The van der Waals surface area contributed by atoms with E-state index >= 15 is 0 Å². The van der Waals surface area contributed by atoms with E-state index in [9.17, 15) is 5.11 Å². The van der Waals surface area contributed by atoms with Crippen LogP contribution in [0, 0.1) is 6.92 Å². The number of hydrogen-bond acceptors (Lipinski definition) is 4. The first-order valence-corrected chi connectivity index (χ1v) is 7.28. The third-order valence-corrected chi connectivity index (χ3v) is 3.69. The predicted octanol–water partition coefficient (Wildman–Crippen LogP) is 3.68. The number of aliphatic hydroxyl groups excluding tert-OH is 1. The topological polar surface area (TPSA) is 50.7 Å². The second-order valence-electron chi connectivity index (χ2n) is 5.30. The van der Waals surface area contributed by atoms with Gasteiger partial charge in [0, 0.05) is 16.8 Å². The highest BCUT2D eigenvalue weighted by atomic mass is 16.5. The summed E-state index contributed by atoms with van der Waals surface area (Å²) in [6.07, 6.45) is 0. The first kappa shape index (κ1) is 16.2. The van der Waals surface area contributed by atoms with Gasteiger partial charge in [0.2, 0.25) is 0 Å². The standard InChI is InChI=1S/C18H23NO3/c1-12-5-7-18(22-4)16(9-12)13(2)19-15-6-8-17(21-3)14(10-15)11-20/h5-10,13,19-20H,11H2,1-4H3. The number of aryl methyl sites for hydroxylation is 1. The van der Waals surface area contributed by atoms with Crippen molar-refractivity contribution in [3.05, 3.63) is 53.1 Å². The highest BCUT2D eigenvalue weighted by Gasteiger charge is 2.12. The van der Waals surface area contributed by atoms with Gasteiger partial charge >= 0.3 is 0 Å². The fourth-order valence-corrected chi connectivity index (χ4v) is 2.51. The van der Waals surface area contributed by atoms with Gasteiger partial charge in [0.15, 0.2) is 0 Å². The summed E-state index contributed by atoms with van der Waals surface area (Å²) in [6, 6.07) is 11.9. The number of aliphatic hydroxyl groups is 1. The number of ether oxygens (including phenoxy) is 2. The molecule has 2 aromatic carbocycles. The lowest BCUT2D eigenvalue weighted by atomic mass is 10.0. The van der Waals surface area contributed by atoms with E-state index in [1.807, 2.05) is 30.3 Å². The van der Waals surface area contributed by atoms with E-state index in [-0.39, 0.29) is 12.6 Å². The maximum absolute atomic E-state index is 9.42. The molecule has 2 N–H and O–H groups in total. The smallest absolute Gasteiger partial charge is 0.124 e. The van der Waals surface area contributed by atoms with Crippen LogP contribution in [0.3, 0.4) is 0 Å². The predicted molar refractivity (Wildman–Crippen MR) is 88.7 cm³/mol. The summed E-state index contributed by atoms with van der Waals surface area (Å²) in [5.74, 6) is 1.55. The van der Waals surface area contributed by atoms with Crippen LogP contribution in [-0.2, 0) is 6.61 Å². The van der Waals surface area contributed by atoms with Crippen LogP contribution in [0.4, 0.5) is 5.69 Å². The molecular weight excluding hydrogens is 278 g/mol. The summed E-state index contributed by atoms with van der Waals surface area (Å²) < 4.78 is 10.7. The van der Waals surface area contributed by atoms with Crippen LogP contribution in [0.25, 0.3) is 0 Å². The van der Waals surface area contributed by atoms with E-state index in [1.54, 1.807) is 14.2 Å². The Balaban J connectivity index is 2.25. The van der Waals surface area contributed by atoms with Crippen molar-refractivity contribution in [2.75, 3.05) is 19.5 Å². The Kier molecular flexibility index (Phi) is 5.28. The SMILES string of the molecule is COc1ccc(NC(C)c2cc(C)ccc2OC)cc1CO. The summed E-state index contributed by atoms with van der Waals surface area (Å²) >= 11 is 0. The van der Waals surface area contributed by atoms with Gasteiger partial charge in [-0.15, -0.1) is 0 Å². The van der Waals surface area contributed by atoms with E-state index in [0.717, 1.165) is 22.6 Å². The Labute approximate surface area is 131 Å². The minimum Gasteiger partial charge on any atom is -0.496 e. The summed E-state index contributed by atoms with van der Waals surface area (Å²) in [5, 5.41) is 12.9. The van der Waals surface area contributed by atoms with Crippen LogP contribution in [-0.4, -0.2) is 19.3 Å². The molecule has 0 amide bonds. The molecule has 0 bridgehead atoms. The van der Waals surface area contributed by atoms with Crippen LogP contribution in [0.15, 0.2) is 36.4 Å². The number of benzene rings is 2. The average molecular weight is 301 g/mol. The van der Waals surface area contributed by atoms with Crippen LogP contribution in [0.2, 0.25) is 0 Å². The van der Waals surface area contributed by atoms with Crippen LogP contribution in [0.5, 0.6) is 11.5 Å². The molecule has 0 aromatic heterocycles. The van der Waals surface area contributed by atoms with Crippen LogP contribution < -0.4 is 14.8 Å². The molecule has 0 fully saturated rings. The first-order valence-electron chi connectivity index (χ1n) is 7.28. The van der Waals surface area contributed by atoms with Gasteiger partial charge in [-0.25, -0.2) is 0 Å². The lowest BCUT2D eigenvalue weighted by Gasteiger charge is -2.20. The highest BCUT2D eigenvalue weighted by molar-refractivity contribution is 5.53. The molecule has 0 aliphatic heterocycles. The highest BCUT2D eigenvalue weighted by Crippen LogP contribution is 2.30. The van der Waals surface area contributed by atoms with Gasteiger partial charge in [-0.1, -0.05) is 17.7 Å². The third-order valence-electron chi connectivity index (χ3n) is 3.69. The second-order valence-corrected chi connectivity index (χ2v) is 5.30. The Hall–Kier alpha value is -2.20. The van der Waals surface area contributed by atoms with E-state index in [4.69, 9.17) is 9.47 Å². The van der Waals surface area contributed by atoms with Crippen molar-refractivity contribution in [2.45, 2.75) is 26.5 Å². The van der Waals surface area contributed by atoms with Gasteiger partial charge in [0.25, 0.3) is 0 Å². The molecule has 2 rings (SSSR count). The maximum atomic E-state index is 9.42. The van der Waals surface area contributed by atoms with Crippen molar-refractivity contribution < 1.29 is 14.6 Å². The van der Waals surface area contributed by atoms with Gasteiger partial charge in [-0.2, -0.15) is 0 Å². The second kappa shape index (κ2) is 7.18. The number of methoxy groups -OCH3 is 2. The van der Waals surface area contributed by atoms with Crippen molar-refractivity contribution in [1.29, 1.82) is 0 Å². The summed E-state index contributed by atoms with van der Waals surface area (Å²) in [6.45, 7) is 4.09. The molecular formula is C18H23NO3. The molecule has 0 spiro atoms. The maximum Gasteiger partial charge on any atom is 0.124 e. The van der Waals surface area contributed by atoms with Crippen molar-refractivity contribution >= 4 is 5.69 Å². The zero-order valence-corrected chi connectivity index (χ0v) is 13.5. The molecule has 4 nitrogen and oxygen atoms in total. The molecule has 0 saturated carbocycles. The largest absolute Gasteiger partial charge is 0.496 e. The summed E-state index contributed by atoms with van der Waals surface area (Å²) in [7, 11) is 3.28. The van der Waals surface area contributed by atoms with Gasteiger partial charge < -0.3 is 19.9 Å². The Morgan fingerprint density at radius 2 is 1.73 bits per heavy atom. The van der Waals surface area contributed by atoms with Crippen LogP contribution >= 0.6 is 0 Å². The fraction of sp³-hybridized carbons (Fsp3) is 0.333. The lowest BCUT2D eigenvalue weighted by Crippen LogP contribution is -2.09. The van der Waals surface area contributed by atoms with E-state index < -0.39 is 0 Å². The lowest BCUT2D eigenvalue weighted by molar-refractivity contribution is 0.274. The molecule has 0 saturated heterocycles. The van der Waals surface area contributed by atoms with Gasteiger partial charge in [0.05, 0.1) is 26.9 Å². The van der Waals surface area contributed by atoms with E-state index in [0.29, 0.717) is 5.75 Å². The van der Waals surface area contributed by atoms with E-state index in [2.05, 4.69) is 25.2 Å². The molecule has 0 aliphatic rings. The molecule has 2 aromatic rings. The van der Waals surface area contributed by atoms with Gasteiger partial charge in [-0.3, -0.25) is 0 Å². The number of rotatable bonds is 6. The van der Waals surface area contributed by atoms with Crippen molar-refractivity contribution in [2.24, 2.45) is 0 Å². The van der Waals surface area contributed by atoms with Gasteiger partial charge in [-0.05, 0) is 38.1 Å². The Morgan fingerprint density at radius 1 is 1.05 bits per heavy atom. The summed E-state index contributed by atoms with van der Waals surface area (Å²) in [4.78, 5) is 0. The van der Waals surface area contributed by atoms with Crippen LogP contribution in [0.1, 0.15) is 29.7 Å². The average Bonchev–Trinajstić information content (AvgIpc) is 2.54. The minimum atomic E-state index is -0.0547. The first-order chi connectivity index (χ1) is 10.6. The van der Waals surface area contributed by atoms with Gasteiger partial charge in [0.1, 0.15) is 11.5 Å². The zero-order chi connectivity index (χ0) is 16.1. The third kappa shape index (κ3) is 3.52. The molecule has 118 valence electrons. The summed E-state index contributed by atoms with van der Waals surface area (Å²) in [5.41, 5.74) is 3.98. The molecule has 0 heterocycles. The van der Waals surface area contributed by atoms with Crippen molar-refractivity contribution in [3.8, 4) is 11.5 Å². The number of hydrogen-bond donors (Lipinski definition) is 2. The van der Waals surface area contributed by atoms with E-state index in [1.165, 1.54) is 5.56 Å². The number of nitrogens with one attached hydrogen (secondary N) is 1. The number of anilines is 1. The van der Waals surface area contributed by atoms with Crippen molar-refractivity contribution in [1.82, 2.24) is 0 Å². The molecule has 0 aliphatic carbocycles. The normalized spacial score (nSPS) is 11.9. The Bertz CT molecular complexity index is 640. The molecule has 4 heteroatoms. The fourth-order valence-electron chi connectivity index (χ4n) is 2.51. The molecule has 1 unspecified atom stereocenters. The quantitative estimate of drug-likeness (QED) is 0.854. The molecule has 22 heavy (non-hydrogen) atoms. The monoisotopic (exact) mass is 301 g/mol. The minimum absolute atomic E-state index is 0.0547. The molecule has 1 atom stereocenters. The zero-order valence-electron chi connectivity index (χ0n) is 13.5. The Morgan fingerprint density at radius 3 is 2.36 bits per heavy atom.